The molecule has 0 bridgehead atoms. The molecule has 0 amide bonds. The van der Waals surface area contributed by atoms with Gasteiger partial charge in [0.25, 0.3) is 0 Å². The lowest BCUT2D eigenvalue weighted by Crippen LogP contribution is -2.23. The van der Waals surface area contributed by atoms with Gasteiger partial charge < -0.3 is 10.1 Å². The lowest BCUT2D eigenvalue weighted by molar-refractivity contribution is 0.313. The van der Waals surface area contributed by atoms with E-state index in [1.54, 1.807) is 0 Å². The van der Waals surface area contributed by atoms with Crippen LogP contribution in [0.2, 0.25) is 0 Å². The number of benzene rings is 1. The van der Waals surface area contributed by atoms with Crippen LogP contribution in [0.1, 0.15) is 24.0 Å². The number of rotatable bonds is 6. The molecule has 2 heteroatoms. The summed E-state index contributed by atoms with van der Waals surface area (Å²) in [6.45, 7) is 7.08. The van der Waals surface area contributed by atoms with Crippen LogP contribution in [0.4, 0.5) is 0 Å². The van der Waals surface area contributed by atoms with Crippen molar-refractivity contribution < 1.29 is 4.74 Å². The molecule has 1 aliphatic rings. The molecule has 1 aromatic carbocycles. The summed E-state index contributed by atoms with van der Waals surface area (Å²) in [7, 11) is 0. The van der Waals surface area contributed by atoms with Gasteiger partial charge >= 0.3 is 0 Å². The summed E-state index contributed by atoms with van der Waals surface area (Å²) in [5, 5.41) is 3.42. The van der Waals surface area contributed by atoms with Gasteiger partial charge in [0.05, 0.1) is 0 Å². The second-order valence-electron chi connectivity index (χ2n) is 4.82. The van der Waals surface area contributed by atoms with Crippen LogP contribution >= 0.6 is 0 Å². The molecule has 0 aliphatic heterocycles. The van der Waals surface area contributed by atoms with E-state index in [2.05, 4.69) is 37.4 Å². The topological polar surface area (TPSA) is 21.3 Å². The maximum Gasteiger partial charge on any atom is 0.119 e. The van der Waals surface area contributed by atoms with Crippen molar-refractivity contribution in [2.45, 2.75) is 26.7 Å². The van der Waals surface area contributed by atoms with Crippen LogP contribution in [0.5, 0.6) is 5.75 Å². The van der Waals surface area contributed by atoms with Gasteiger partial charge in [0.15, 0.2) is 0 Å². The van der Waals surface area contributed by atoms with Crippen LogP contribution in [0.15, 0.2) is 18.2 Å². The van der Waals surface area contributed by atoms with Crippen LogP contribution < -0.4 is 10.1 Å². The van der Waals surface area contributed by atoms with Crippen LogP contribution in [0.3, 0.4) is 0 Å². The van der Waals surface area contributed by atoms with Crippen molar-refractivity contribution in [3.05, 3.63) is 29.3 Å². The molecule has 0 heterocycles. The predicted octanol–water partition coefficient (Wildman–Crippen LogP) is 2.68. The zero-order chi connectivity index (χ0) is 11.4. The molecule has 2 nitrogen and oxygen atoms in total. The standard InChI is InChI=1S/C14H21NO/c1-11-7-12(2)9-14(8-11)16-6-5-15-10-13-3-4-13/h7-9,13,15H,3-6,10H2,1-2H3. The molecular formula is C14H21NO. The average molecular weight is 219 g/mol. The number of ether oxygens (including phenoxy) is 1. The van der Waals surface area contributed by atoms with Crippen molar-refractivity contribution in [1.29, 1.82) is 0 Å². The van der Waals surface area contributed by atoms with E-state index in [9.17, 15) is 0 Å². The lowest BCUT2D eigenvalue weighted by Gasteiger charge is -2.08. The molecule has 0 unspecified atom stereocenters. The molecule has 1 fully saturated rings. The van der Waals surface area contributed by atoms with Gasteiger partial charge in [0.2, 0.25) is 0 Å². The van der Waals surface area contributed by atoms with E-state index in [4.69, 9.17) is 4.74 Å². The smallest absolute Gasteiger partial charge is 0.119 e. The molecule has 88 valence electrons. The molecule has 0 atom stereocenters. The van der Waals surface area contributed by atoms with Crippen LogP contribution in [-0.4, -0.2) is 19.7 Å². The van der Waals surface area contributed by atoms with E-state index in [0.717, 1.165) is 31.4 Å². The highest BCUT2D eigenvalue weighted by Gasteiger charge is 2.19. The summed E-state index contributed by atoms with van der Waals surface area (Å²) in [5.74, 6) is 1.94. The molecule has 0 radical (unpaired) electrons. The third-order valence-corrected chi connectivity index (χ3v) is 2.87. The Kier molecular flexibility index (Phi) is 3.83. The minimum Gasteiger partial charge on any atom is -0.492 e. The molecule has 0 spiro atoms. The van der Waals surface area contributed by atoms with Gasteiger partial charge in [-0.1, -0.05) is 6.07 Å². The Hall–Kier alpha value is -1.02. The fraction of sp³-hybridized carbons (Fsp3) is 0.571. The van der Waals surface area contributed by atoms with Crippen molar-refractivity contribution in [2.24, 2.45) is 5.92 Å². The molecule has 0 aromatic heterocycles. The van der Waals surface area contributed by atoms with E-state index in [0.29, 0.717) is 0 Å². The molecule has 1 aromatic rings. The summed E-state index contributed by atoms with van der Waals surface area (Å²) in [5.41, 5.74) is 2.53. The first-order valence-corrected chi connectivity index (χ1v) is 6.16. The SMILES string of the molecule is Cc1cc(C)cc(OCCNCC2CC2)c1. The number of hydrogen-bond donors (Lipinski definition) is 1. The molecule has 1 N–H and O–H groups in total. The van der Waals surface area contributed by atoms with Crippen LogP contribution in [0, 0.1) is 19.8 Å². The van der Waals surface area contributed by atoms with E-state index in [1.807, 2.05) is 0 Å². The number of nitrogens with one attached hydrogen (secondary N) is 1. The first-order valence-electron chi connectivity index (χ1n) is 6.16. The largest absolute Gasteiger partial charge is 0.492 e. The molecule has 16 heavy (non-hydrogen) atoms. The van der Waals surface area contributed by atoms with E-state index >= 15 is 0 Å². The van der Waals surface area contributed by atoms with Gasteiger partial charge in [-0.05, 0) is 62.4 Å². The first-order chi connectivity index (χ1) is 7.74. The van der Waals surface area contributed by atoms with Crippen LogP contribution in [0.25, 0.3) is 0 Å². The fourth-order valence-electron chi connectivity index (χ4n) is 1.89. The molecule has 0 saturated heterocycles. The van der Waals surface area contributed by atoms with E-state index < -0.39 is 0 Å². The zero-order valence-corrected chi connectivity index (χ0v) is 10.3. The summed E-state index contributed by atoms with van der Waals surface area (Å²) in [6, 6.07) is 6.35. The lowest BCUT2D eigenvalue weighted by atomic mass is 10.1. The van der Waals surface area contributed by atoms with Crippen molar-refractivity contribution in [2.75, 3.05) is 19.7 Å². The summed E-state index contributed by atoms with van der Waals surface area (Å²) >= 11 is 0. The van der Waals surface area contributed by atoms with E-state index in [1.165, 1.54) is 24.0 Å². The minimum absolute atomic E-state index is 0.760. The van der Waals surface area contributed by atoms with Gasteiger partial charge in [-0.3, -0.25) is 0 Å². The fourth-order valence-corrected chi connectivity index (χ4v) is 1.89. The quantitative estimate of drug-likeness (QED) is 0.743. The summed E-state index contributed by atoms with van der Waals surface area (Å²) < 4.78 is 5.71. The predicted molar refractivity (Wildman–Crippen MR) is 67.0 cm³/mol. The molecule has 1 aliphatic carbocycles. The Morgan fingerprint density at radius 1 is 1.19 bits per heavy atom. The maximum atomic E-state index is 5.71. The third kappa shape index (κ3) is 3.86. The summed E-state index contributed by atoms with van der Waals surface area (Å²) in [6.07, 6.45) is 2.82. The monoisotopic (exact) mass is 219 g/mol. The van der Waals surface area contributed by atoms with Crippen molar-refractivity contribution in [3.8, 4) is 5.75 Å². The number of aryl methyl sites for hydroxylation is 2. The van der Waals surface area contributed by atoms with Gasteiger partial charge in [-0.25, -0.2) is 0 Å². The highest BCUT2D eigenvalue weighted by atomic mass is 16.5. The van der Waals surface area contributed by atoms with Gasteiger partial charge in [-0.15, -0.1) is 0 Å². The van der Waals surface area contributed by atoms with Gasteiger partial charge in [0.1, 0.15) is 12.4 Å². The molecular weight excluding hydrogens is 198 g/mol. The second kappa shape index (κ2) is 5.35. The Bertz CT molecular complexity index is 324. The van der Waals surface area contributed by atoms with Crippen molar-refractivity contribution in [1.82, 2.24) is 5.32 Å². The highest BCUT2D eigenvalue weighted by Crippen LogP contribution is 2.27. The Labute approximate surface area is 98.0 Å². The normalized spacial score (nSPS) is 15.1. The van der Waals surface area contributed by atoms with Crippen LogP contribution in [-0.2, 0) is 0 Å². The van der Waals surface area contributed by atoms with Gasteiger partial charge in [-0.2, -0.15) is 0 Å². The Morgan fingerprint density at radius 2 is 1.88 bits per heavy atom. The maximum absolute atomic E-state index is 5.71. The highest BCUT2D eigenvalue weighted by molar-refractivity contribution is 5.32. The first kappa shape index (κ1) is 11.5. The van der Waals surface area contributed by atoms with Crippen molar-refractivity contribution in [3.63, 3.8) is 0 Å². The Balaban J connectivity index is 1.67. The Morgan fingerprint density at radius 3 is 2.50 bits per heavy atom. The average Bonchev–Trinajstić information content (AvgIpc) is 2.99. The second-order valence-corrected chi connectivity index (χ2v) is 4.82. The molecule has 2 rings (SSSR count). The number of hydrogen-bond acceptors (Lipinski definition) is 2. The van der Waals surface area contributed by atoms with E-state index in [-0.39, 0.29) is 0 Å². The minimum atomic E-state index is 0.760. The molecule has 1 saturated carbocycles. The zero-order valence-electron chi connectivity index (χ0n) is 10.3. The summed E-state index contributed by atoms with van der Waals surface area (Å²) in [4.78, 5) is 0. The van der Waals surface area contributed by atoms with Crippen molar-refractivity contribution >= 4 is 0 Å². The third-order valence-electron chi connectivity index (χ3n) is 2.87. The van der Waals surface area contributed by atoms with Gasteiger partial charge in [0, 0.05) is 6.54 Å².